The van der Waals surface area contributed by atoms with Crippen molar-refractivity contribution in [2.45, 2.75) is 83.9 Å². The fraction of sp³-hybridized carbons (Fsp3) is 0.185. The summed E-state index contributed by atoms with van der Waals surface area (Å²) in [5, 5.41) is 19.0. The van der Waals surface area contributed by atoms with Gasteiger partial charge in [-0.1, -0.05) is 112 Å². The molecular weight excluding hydrogens is 2020 g/mol. The van der Waals surface area contributed by atoms with Crippen molar-refractivity contribution in [1.29, 1.82) is 10.5 Å². The number of anilines is 8. The summed E-state index contributed by atoms with van der Waals surface area (Å²) < 4.78 is 151. The summed E-state index contributed by atoms with van der Waals surface area (Å²) in [4.78, 5) is 29.8. The van der Waals surface area contributed by atoms with E-state index in [9.17, 15) is 44.0 Å². The highest BCUT2D eigenvalue weighted by Gasteiger charge is 2.29. The Balaban J connectivity index is 0.000000174. The molecule has 12 N–H and O–H groups in total. The lowest BCUT2D eigenvalue weighted by molar-refractivity contribution is 0.194. The SMILES string of the molecule is CC(Oc1cc(Br)cnc1N)c1c(C#N)ccc(F)c1Cl.CC(Oc1cc(Br)cnc1N)c1c(C#N)ccc(N(C)C)c1Cl.CC(Oc1nc(-c2ccccc2NS(C)(=O)=O)cnc1N)c1c(Cl)ccc(F)c1Cl.CS(=O)(=O)Nc1ccc(-c2cnc(N)c(OC3CCCCc4ccc(F)cc43)c2)cc1.[C-]#[N+]c1cc(-c2cnc(N)c(OC(C)c3c(Cl)ccc(F)c3Cl)c2)ccc1F. The smallest absolute Gasteiger partial charge is 0.258 e. The maximum absolute atomic E-state index is 13.9. The van der Waals surface area contributed by atoms with Crippen LogP contribution in [-0.2, 0) is 26.5 Å². The first-order valence-electron chi connectivity index (χ1n) is 39.4. The Morgan fingerprint density at radius 3 is 1.50 bits per heavy atom. The number of nitriles is 2. The highest BCUT2D eigenvalue weighted by atomic mass is 79.9. The van der Waals surface area contributed by atoms with Gasteiger partial charge in [0.05, 0.1) is 85.7 Å². The molecule has 0 amide bonds. The summed E-state index contributed by atoms with van der Waals surface area (Å²) in [5.74, 6) is -0.553. The molecule has 0 saturated carbocycles. The number of rotatable bonds is 22. The number of hydrogen-bond acceptors (Lipinski definition) is 23. The van der Waals surface area contributed by atoms with E-state index in [0.717, 1.165) is 82.7 Å². The lowest BCUT2D eigenvalue weighted by atomic mass is 10.0. The van der Waals surface area contributed by atoms with Gasteiger partial charge < -0.3 is 57.3 Å². The molecule has 14 rings (SSSR count). The average molecular weight is 2100 g/mol. The highest BCUT2D eigenvalue weighted by Crippen LogP contribution is 2.44. The van der Waals surface area contributed by atoms with Crippen LogP contribution in [0.1, 0.15) is 122 Å². The quantitative estimate of drug-likeness (QED) is 0.0143. The summed E-state index contributed by atoms with van der Waals surface area (Å²) >= 11 is 43.4. The minimum atomic E-state index is -3.51. The lowest BCUT2D eigenvalue weighted by Gasteiger charge is -2.22. The summed E-state index contributed by atoms with van der Waals surface area (Å²) in [6.07, 6.45) is 10.5. The van der Waals surface area contributed by atoms with E-state index in [1.54, 1.807) is 112 Å². The summed E-state index contributed by atoms with van der Waals surface area (Å²) in [6, 6.07) is 44.6. The first kappa shape index (κ1) is 103. The molecule has 0 saturated heterocycles. The van der Waals surface area contributed by atoms with Gasteiger partial charge in [-0.3, -0.25) is 9.44 Å². The van der Waals surface area contributed by atoms with Crippen LogP contribution in [0, 0.1) is 58.3 Å². The molecular formula is C92H80Br2Cl6F5N17O9S2. The van der Waals surface area contributed by atoms with Gasteiger partial charge in [0.25, 0.3) is 5.88 Å². The Morgan fingerprint density at radius 2 is 0.962 bits per heavy atom. The Morgan fingerprint density at radius 1 is 0.504 bits per heavy atom. The van der Waals surface area contributed by atoms with Crippen LogP contribution in [-0.4, -0.2) is 73.3 Å². The lowest BCUT2D eigenvalue weighted by Crippen LogP contribution is -2.13. The minimum absolute atomic E-state index is 0.0113. The van der Waals surface area contributed by atoms with Crippen LogP contribution in [0.15, 0.2) is 198 Å². The summed E-state index contributed by atoms with van der Waals surface area (Å²) in [6.45, 7) is 13.8. The van der Waals surface area contributed by atoms with Crippen molar-refractivity contribution < 1.29 is 62.5 Å². The third-order valence-corrected chi connectivity index (χ3v) is 23.8. The fourth-order valence-corrected chi connectivity index (χ4v) is 17.2. The summed E-state index contributed by atoms with van der Waals surface area (Å²) in [5.41, 5.74) is 38.6. The van der Waals surface area contributed by atoms with Crippen LogP contribution in [0.2, 0.25) is 30.1 Å². The van der Waals surface area contributed by atoms with E-state index >= 15 is 0 Å². The zero-order valence-electron chi connectivity index (χ0n) is 71.4. The maximum atomic E-state index is 13.9. The third-order valence-electron chi connectivity index (χ3n) is 19.5. The van der Waals surface area contributed by atoms with Gasteiger partial charge in [0.15, 0.2) is 52.1 Å². The number of nitrogen functional groups attached to an aromatic ring is 5. The Bertz CT molecular complexity index is 6880. The number of aryl methyl sites for hydroxylation is 1. The first-order chi connectivity index (χ1) is 62.9. The number of fused-ring (bicyclic) bond motifs is 1. The zero-order valence-corrected chi connectivity index (χ0v) is 80.7. The molecule has 690 valence electrons. The molecule has 0 radical (unpaired) electrons. The van der Waals surface area contributed by atoms with Gasteiger partial charge >= 0.3 is 0 Å². The molecule has 8 aromatic carbocycles. The molecule has 1 aliphatic rings. The molecule has 5 atom stereocenters. The van der Waals surface area contributed by atoms with Gasteiger partial charge in [-0.25, -0.2) is 73.5 Å². The molecule has 5 heterocycles. The largest absolute Gasteiger partial charge is 0.482 e. The normalized spacial score (nSPS) is 12.9. The molecule has 0 fully saturated rings. The van der Waals surface area contributed by atoms with Crippen molar-refractivity contribution in [3.05, 3.63) is 313 Å². The maximum Gasteiger partial charge on any atom is 0.258 e. The Hall–Kier alpha value is -12.4. The number of nitrogens with one attached hydrogen (secondary N) is 2. The van der Waals surface area contributed by atoms with Crippen LogP contribution in [0.3, 0.4) is 0 Å². The number of pyridine rings is 4. The molecule has 1 aliphatic carbocycles. The zero-order chi connectivity index (χ0) is 97.2. The molecule has 41 heteroatoms. The van der Waals surface area contributed by atoms with E-state index < -0.39 is 67.7 Å². The third kappa shape index (κ3) is 27.2. The second-order valence-electron chi connectivity index (χ2n) is 29.4. The minimum Gasteiger partial charge on any atom is -0.482 e. The highest BCUT2D eigenvalue weighted by molar-refractivity contribution is 9.10. The van der Waals surface area contributed by atoms with E-state index in [0.29, 0.717) is 71.6 Å². The molecule has 5 unspecified atom stereocenters. The number of para-hydroxylation sites is 1. The van der Waals surface area contributed by atoms with E-state index in [4.69, 9.17) is 134 Å². The molecule has 5 aromatic heterocycles. The van der Waals surface area contributed by atoms with Gasteiger partial charge in [0.1, 0.15) is 59.6 Å². The van der Waals surface area contributed by atoms with Crippen molar-refractivity contribution in [1.82, 2.24) is 29.9 Å². The predicted octanol–water partition coefficient (Wildman–Crippen LogP) is 24.4. The first-order valence-corrected chi connectivity index (χ1v) is 47.0. The number of nitrogens with two attached hydrogens (primary N) is 5. The topological polar surface area (TPSA) is 401 Å². The molecule has 0 bridgehead atoms. The van der Waals surface area contributed by atoms with Crippen molar-refractivity contribution in [3.8, 4) is 74.5 Å². The number of hydrogen-bond donors (Lipinski definition) is 7. The second-order valence-corrected chi connectivity index (χ2v) is 37.1. The van der Waals surface area contributed by atoms with Crippen LogP contribution < -0.4 is 66.7 Å². The van der Waals surface area contributed by atoms with Gasteiger partial charge in [0, 0.05) is 103 Å². The molecule has 0 aliphatic heterocycles. The molecule has 133 heavy (non-hydrogen) atoms. The standard InChI is InChI=1S/C23H24FN3O3S.C20H13Cl2F2N3O.C19H17Cl2FN4O3S.C16H16BrClN4O.C14H10BrClFN3O/c1-31(28,29)27-19-10-7-15(8-11-19)17-12-22(23(25)26-14-17)30-21-5-3-2-4-16-6-9-18(24)13-20(16)21;1-10(18-13(21)4-6-15(24)19(18)22)28-17-8-12(9-27-20(17)25)11-3-5-14(23)16(7-11)26-2;1-10(16-12(20)7-8-13(22)17(16)21)29-19-18(23)24-9-15(25-19)11-5-3-4-6-14(11)26-30(2,27)28;1-9(23-13-6-11(17)8-21-16(13)20)14-10(7-19)4-5-12(15(14)18)22(2)3;1-7(21-11-4-9(15)6-20-14(11)19)12-8(5-18)2-3-10(17)13(12)16/h6-14,21,27H,2-5H2,1H3,(H2,25,26);3-10H,1H3,(H2,25,27);3-10,26H,1-2H3,(H2,23,24);4-6,8-9H,1-3H3,(H2,20,21);2-4,6-7H,1H3,(H2,19,20). The number of aromatic nitrogens is 6. The van der Waals surface area contributed by atoms with Crippen molar-refractivity contribution in [2.75, 3.05) is 69.6 Å². The van der Waals surface area contributed by atoms with Gasteiger partial charge in [-0.05, 0) is 223 Å². The number of benzene rings is 8. The van der Waals surface area contributed by atoms with E-state index in [-0.39, 0.29) is 106 Å². The fourth-order valence-electron chi connectivity index (χ4n) is 13.2. The Labute approximate surface area is 810 Å². The van der Waals surface area contributed by atoms with Crippen molar-refractivity contribution in [2.24, 2.45) is 0 Å². The average Bonchev–Trinajstić information content (AvgIpc) is 1.82. The van der Waals surface area contributed by atoms with E-state index in [1.807, 2.05) is 50.2 Å². The summed E-state index contributed by atoms with van der Waals surface area (Å²) in [7, 11) is -3.08. The van der Waals surface area contributed by atoms with E-state index in [1.165, 1.54) is 67.1 Å². The number of ether oxygens (including phenoxy) is 5. The molecule has 26 nitrogen and oxygen atoms in total. The predicted molar refractivity (Wildman–Crippen MR) is 519 cm³/mol. The van der Waals surface area contributed by atoms with Crippen molar-refractivity contribution >= 4 is 173 Å². The number of sulfonamides is 2. The number of nitrogens with zero attached hydrogens (tertiary/aromatic N) is 10. The molecule has 0 spiro atoms. The van der Waals surface area contributed by atoms with Crippen LogP contribution in [0.5, 0.6) is 28.9 Å². The Kier molecular flexibility index (Phi) is 35.4. The molecule has 13 aromatic rings. The number of halogens is 13. The van der Waals surface area contributed by atoms with Gasteiger partial charge in [-0.2, -0.15) is 10.5 Å². The van der Waals surface area contributed by atoms with Crippen LogP contribution >= 0.6 is 101 Å². The van der Waals surface area contributed by atoms with Gasteiger partial charge in [-0.15, -0.1) is 0 Å². The monoisotopic (exact) mass is 2090 g/mol. The van der Waals surface area contributed by atoms with Crippen LogP contribution in [0.4, 0.5) is 73.8 Å². The van der Waals surface area contributed by atoms with E-state index in [2.05, 4.69) is 82.1 Å². The second kappa shape index (κ2) is 45.8. The van der Waals surface area contributed by atoms with Gasteiger partial charge in [0.2, 0.25) is 25.7 Å². The van der Waals surface area contributed by atoms with Crippen molar-refractivity contribution in [3.63, 3.8) is 0 Å². The van der Waals surface area contributed by atoms with Crippen LogP contribution in [0.25, 0.3) is 38.4 Å².